The third-order valence-corrected chi connectivity index (χ3v) is 3.90. The van der Waals surface area contributed by atoms with Gasteiger partial charge in [0, 0.05) is 37.3 Å². The molecule has 6 nitrogen and oxygen atoms in total. The van der Waals surface area contributed by atoms with Crippen LogP contribution in [0.3, 0.4) is 0 Å². The first kappa shape index (κ1) is 18.2. The molecule has 0 bridgehead atoms. The molecule has 0 amide bonds. The van der Waals surface area contributed by atoms with Crippen LogP contribution in [0.1, 0.15) is 11.1 Å². The molecule has 0 aliphatic heterocycles. The Morgan fingerprint density at radius 3 is 1.33 bits per heavy atom. The first-order chi connectivity index (χ1) is 11.6. The normalized spacial score (nSPS) is 11.3. The van der Waals surface area contributed by atoms with Gasteiger partial charge in [-0.2, -0.15) is 0 Å². The monoisotopic (exact) mass is 332 g/mol. The van der Waals surface area contributed by atoms with Crippen molar-refractivity contribution in [3.63, 3.8) is 0 Å². The summed E-state index contributed by atoms with van der Waals surface area (Å²) in [5.41, 5.74) is 1.48. The molecule has 2 rings (SSSR count). The van der Waals surface area contributed by atoms with Crippen molar-refractivity contribution < 1.29 is 20.4 Å². The average molecular weight is 332 g/mol. The second-order valence-electron chi connectivity index (χ2n) is 5.65. The van der Waals surface area contributed by atoms with Crippen LogP contribution >= 0.6 is 0 Å². The van der Waals surface area contributed by atoms with Crippen LogP contribution in [0.4, 0.5) is 0 Å². The van der Waals surface area contributed by atoms with Crippen LogP contribution in [0.5, 0.6) is 11.5 Å². The van der Waals surface area contributed by atoms with Gasteiger partial charge in [0.1, 0.15) is 11.5 Å². The number of phenolic OH excluding ortho intramolecular Hbond substituents is 2. The first-order valence-corrected chi connectivity index (χ1v) is 7.84. The highest BCUT2D eigenvalue weighted by Gasteiger charge is 2.12. The molecular weight excluding hydrogens is 308 g/mol. The van der Waals surface area contributed by atoms with E-state index in [1.54, 1.807) is 34.1 Å². The van der Waals surface area contributed by atoms with Crippen LogP contribution in [-0.4, -0.2) is 56.8 Å². The van der Waals surface area contributed by atoms with E-state index in [2.05, 4.69) is 0 Å². The Balaban J connectivity index is 1.91. The third kappa shape index (κ3) is 5.21. The molecule has 2 aromatic carbocycles. The zero-order valence-electron chi connectivity index (χ0n) is 13.5. The molecule has 24 heavy (non-hydrogen) atoms. The van der Waals surface area contributed by atoms with E-state index in [0.29, 0.717) is 26.2 Å². The number of benzene rings is 2. The molecule has 0 aliphatic rings. The number of aliphatic hydroxyl groups is 2. The van der Waals surface area contributed by atoms with Crippen molar-refractivity contribution in [1.29, 1.82) is 0 Å². The van der Waals surface area contributed by atoms with Crippen molar-refractivity contribution in [2.45, 2.75) is 13.1 Å². The van der Waals surface area contributed by atoms with Gasteiger partial charge in [0.15, 0.2) is 0 Å². The smallest absolute Gasteiger partial charge is 0.120 e. The molecule has 0 aromatic heterocycles. The van der Waals surface area contributed by atoms with E-state index in [1.807, 2.05) is 24.3 Å². The molecule has 6 heteroatoms. The Morgan fingerprint density at radius 1 is 0.625 bits per heavy atom. The second kappa shape index (κ2) is 9.24. The number of rotatable bonds is 9. The molecule has 0 fully saturated rings. The van der Waals surface area contributed by atoms with Crippen LogP contribution in [0.25, 0.3) is 0 Å². The van der Waals surface area contributed by atoms with Crippen molar-refractivity contribution >= 4 is 0 Å². The van der Waals surface area contributed by atoms with Gasteiger partial charge in [-0.1, -0.05) is 36.4 Å². The van der Waals surface area contributed by atoms with Gasteiger partial charge in [-0.3, -0.25) is 9.80 Å². The first-order valence-electron chi connectivity index (χ1n) is 7.84. The van der Waals surface area contributed by atoms with Crippen molar-refractivity contribution in [2.75, 3.05) is 26.6 Å². The number of phenols is 2. The van der Waals surface area contributed by atoms with Crippen LogP contribution in [0.2, 0.25) is 0 Å². The molecule has 0 saturated carbocycles. The molecule has 4 N–H and O–H groups in total. The van der Waals surface area contributed by atoms with E-state index < -0.39 is 0 Å². The Kier molecular flexibility index (Phi) is 7.02. The molecule has 0 atom stereocenters. The van der Waals surface area contributed by atoms with Crippen molar-refractivity contribution in [2.24, 2.45) is 0 Å². The summed E-state index contributed by atoms with van der Waals surface area (Å²) in [7, 11) is 0. The fourth-order valence-electron chi connectivity index (χ4n) is 2.45. The van der Waals surface area contributed by atoms with Gasteiger partial charge in [-0.25, -0.2) is 0 Å². The largest absolute Gasteiger partial charge is 0.508 e. The Labute approximate surface area is 141 Å². The van der Waals surface area contributed by atoms with Crippen LogP contribution in [0, 0.1) is 0 Å². The fourth-order valence-corrected chi connectivity index (χ4v) is 2.45. The molecule has 0 spiro atoms. The maximum absolute atomic E-state index is 9.82. The Hall–Kier alpha value is -2.12. The second-order valence-corrected chi connectivity index (χ2v) is 5.65. The van der Waals surface area contributed by atoms with Gasteiger partial charge in [0.2, 0.25) is 0 Å². The fraction of sp³-hybridized carbons (Fsp3) is 0.333. The summed E-state index contributed by atoms with van der Waals surface area (Å²) in [4.78, 5) is 3.53. The van der Waals surface area contributed by atoms with E-state index in [0.717, 1.165) is 11.1 Å². The lowest BCUT2D eigenvalue weighted by Crippen LogP contribution is -2.35. The Bertz CT molecular complexity index is 580. The number of para-hydroxylation sites is 2. The summed E-state index contributed by atoms with van der Waals surface area (Å²) in [5, 5.41) is 38.7. The van der Waals surface area contributed by atoms with E-state index in [1.165, 1.54) is 0 Å². The summed E-state index contributed by atoms with van der Waals surface area (Å²) in [6.07, 6.45) is 0. The highest BCUT2D eigenvalue weighted by atomic mass is 16.3. The highest BCUT2D eigenvalue weighted by molar-refractivity contribution is 5.32. The summed E-state index contributed by atoms with van der Waals surface area (Å²) < 4.78 is 0. The molecule has 0 unspecified atom stereocenters. The predicted molar refractivity (Wildman–Crippen MR) is 91.2 cm³/mol. The minimum Gasteiger partial charge on any atom is -0.508 e. The molecule has 0 heterocycles. The summed E-state index contributed by atoms with van der Waals surface area (Å²) in [6, 6.07) is 14.0. The van der Waals surface area contributed by atoms with Crippen molar-refractivity contribution in [1.82, 2.24) is 9.80 Å². The number of aromatic hydroxyl groups is 2. The zero-order valence-corrected chi connectivity index (χ0v) is 13.5. The van der Waals surface area contributed by atoms with Crippen molar-refractivity contribution in [3.05, 3.63) is 59.7 Å². The SMILES string of the molecule is OCN(CCN(CO)Cc1ccccc1O)Cc1ccccc1O. The minimum absolute atomic E-state index is 0.149. The Morgan fingerprint density at radius 2 is 1.00 bits per heavy atom. The number of nitrogens with zero attached hydrogens (tertiary/aromatic N) is 2. The number of hydrogen-bond acceptors (Lipinski definition) is 6. The highest BCUT2D eigenvalue weighted by Crippen LogP contribution is 2.19. The molecule has 0 aliphatic carbocycles. The lowest BCUT2D eigenvalue weighted by Gasteiger charge is -2.25. The zero-order chi connectivity index (χ0) is 17.4. The standard InChI is InChI=1S/C18H24N2O4/c21-13-19(11-15-5-1-3-7-17(15)23)9-10-20(14-22)12-16-6-2-4-8-18(16)24/h1-8,21-24H,9-14H2. The molecule has 130 valence electrons. The van der Waals surface area contributed by atoms with Crippen LogP contribution in [-0.2, 0) is 13.1 Å². The lowest BCUT2D eigenvalue weighted by molar-refractivity contribution is 0.0564. The van der Waals surface area contributed by atoms with Gasteiger partial charge in [-0.05, 0) is 12.1 Å². The molecular formula is C18H24N2O4. The van der Waals surface area contributed by atoms with E-state index in [-0.39, 0.29) is 25.0 Å². The van der Waals surface area contributed by atoms with Gasteiger partial charge >= 0.3 is 0 Å². The molecule has 0 saturated heterocycles. The van der Waals surface area contributed by atoms with E-state index >= 15 is 0 Å². The number of hydrogen-bond donors (Lipinski definition) is 4. The maximum Gasteiger partial charge on any atom is 0.120 e. The topological polar surface area (TPSA) is 87.4 Å². The third-order valence-electron chi connectivity index (χ3n) is 3.90. The van der Waals surface area contributed by atoms with Gasteiger partial charge in [0.25, 0.3) is 0 Å². The lowest BCUT2D eigenvalue weighted by atomic mass is 10.2. The van der Waals surface area contributed by atoms with Gasteiger partial charge in [-0.15, -0.1) is 0 Å². The average Bonchev–Trinajstić information content (AvgIpc) is 2.60. The summed E-state index contributed by atoms with van der Waals surface area (Å²) in [5.74, 6) is 0.397. The molecule has 0 radical (unpaired) electrons. The molecule has 2 aromatic rings. The van der Waals surface area contributed by atoms with Crippen LogP contribution < -0.4 is 0 Å². The summed E-state index contributed by atoms with van der Waals surface area (Å²) in [6.45, 7) is 1.56. The van der Waals surface area contributed by atoms with E-state index in [9.17, 15) is 20.4 Å². The maximum atomic E-state index is 9.82. The van der Waals surface area contributed by atoms with Crippen LogP contribution in [0.15, 0.2) is 48.5 Å². The summed E-state index contributed by atoms with van der Waals surface area (Å²) >= 11 is 0. The van der Waals surface area contributed by atoms with Gasteiger partial charge < -0.3 is 20.4 Å². The van der Waals surface area contributed by atoms with Gasteiger partial charge in [0.05, 0.1) is 13.5 Å². The minimum atomic E-state index is -0.149. The predicted octanol–water partition coefficient (Wildman–Crippen LogP) is 1.30. The van der Waals surface area contributed by atoms with Crippen molar-refractivity contribution in [3.8, 4) is 11.5 Å². The quantitative estimate of drug-likeness (QED) is 0.518. The number of aliphatic hydroxyl groups excluding tert-OH is 2. The van der Waals surface area contributed by atoms with E-state index in [4.69, 9.17) is 0 Å².